The van der Waals surface area contributed by atoms with E-state index in [-0.39, 0.29) is 10.6 Å². The van der Waals surface area contributed by atoms with E-state index in [1.807, 2.05) is 0 Å². The molecule has 0 amide bonds. The van der Waals surface area contributed by atoms with E-state index in [1.165, 1.54) is 30.5 Å². The van der Waals surface area contributed by atoms with Crippen molar-refractivity contribution in [2.24, 2.45) is 5.10 Å². The van der Waals surface area contributed by atoms with Crippen molar-refractivity contribution in [1.29, 1.82) is 0 Å². The van der Waals surface area contributed by atoms with Crippen molar-refractivity contribution in [2.45, 2.75) is 4.90 Å². The minimum atomic E-state index is -3.69. The summed E-state index contributed by atoms with van der Waals surface area (Å²) in [6.45, 7) is 0. The summed E-state index contributed by atoms with van der Waals surface area (Å²) in [5.74, 6) is 0.0877. The highest BCUT2D eigenvalue weighted by molar-refractivity contribution is 9.10. The first-order valence-electron chi connectivity index (χ1n) is 5.57. The van der Waals surface area contributed by atoms with Crippen molar-refractivity contribution in [1.82, 2.24) is 4.83 Å². The van der Waals surface area contributed by atoms with Gasteiger partial charge in [0, 0.05) is 4.47 Å². The summed E-state index contributed by atoms with van der Waals surface area (Å²) in [6.07, 6.45) is 1.32. The van der Waals surface area contributed by atoms with Crippen LogP contribution in [0.25, 0.3) is 0 Å². The Morgan fingerprint density at radius 2 is 1.85 bits per heavy atom. The van der Waals surface area contributed by atoms with Crippen LogP contribution in [0.3, 0.4) is 0 Å². The second-order valence-electron chi connectivity index (χ2n) is 3.90. The van der Waals surface area contributed by atoms with Gasteiger partial charge in [0.15, 0.2) is 0 Å². The van der Waals surface area contributed by atoms with Gasteiger partial charge in [-0.05, 0) is 42.0 Å². The van der Waals surface area contributed by atoms with Crippen LogP contribution in [0.1, 0.15) is 5.56 Å². The molecule has 0 bridgehead atoms. The Labute approximate surface area is 125 Å². The van der Waals surface area contributed by atoms with Crippen LogP contribution in [0.5, 0.6) is 5.75 Å². The molecule has 0 saturated heterocycles. The fraction of sp³-hybridized carbons (Fsp3) is 0. The second-order valence-corrected chi connectivity index (χ2v) is 6.48. The van der Waals surface area contributed by atoms with Gasteiger partial charge in [0.25, 0.3) is 10.0 Å². The van der Waals surface area contributed by atoms with Gasteiger partial charge in [-0.25, -0.2) is 4.83 Å². The Hall–Kier alpha value is -1.86. The molecular weight excluding hydrogens is 344 g/mol. The van der Waals surface area contributed by atoms with Crippen molar-refractivity contribution in [3.05, 3.63) is 58.6 Å². The van der Waals surface area contributed by atoms with E-state index in [9.17, 15) is 13.5 Å². The number of phenolic OH excluding ortho intramolecular Hbond substituents is 1. The van der Waals surface area contributed by atoms with E-state index in [0.717, 1.165) is 4.47 Å². The third-order valence-electron chi connectivity index (χ3n) is 2.38. The largest absolute Gasteiger partial charge is 0.508 e. The Balaban J connectivity index is 2.11. The van der Waals surface area contributed by atoms with Gasteiger partial charge in [0.1, 0.15) is 5.75 Å². The molecule has 0 saturated carbocycles. The van der Waals surface area contributed by atoms with Crippen LogP contribution in [0.15, 0.2) is 63.0 Å². The molecule has 0 radical (unpaired) electrons. The predicted molar refractivity (Wildman–Crippen MR) is 80.2 cm³/mol. The molecule has 2 aromatic rings. The first-order chi connectivity index (χ1) is 9.47. The Morgan fingerprint density at radius 3 is 2.50 bits per heavy atom. The third-order valence-corrected chi connectivity index (χ3v) is 4.15. The lowest BCUT2D eigenvalue weighted by molar-refractivity contribution is 0.475. The van der Waals surface area contributed by atoms with E-state index < -0.39 is 10.0 Å². The number of phenols is 1. The van der Waals surface area contributed by atoms with Crippen LogP contribution in [0.4, 0.5) is 0 Å². The molecule has 2 aromatic carbocycles. The smallest absolute Gasteiger partial charge is 0.276 e. The van der Waals surface area contributed by atoms with Crippen molar-refractivity contribution >= 4 is 32.2 Å². The lowest BCUT2D eigenvalue weighted by Gasteiger charge is -2.03. The topological polar surface area (TPSA) is 78.8 Å². The molecule has 0 atom stereocenters. The van der Waals surface area contributed by atoms with Gasteiger partial charge in [0.05, 0.1) is 11.1 Å². The fourth-order valence-electron chi connectivity index (χ4n) is 1.44. The number of benzene rings is 2. The molecule has 0 fully saturated rings. The molecule has 104 valence electrons. The minimum absolute atomic E-state index is 0.0877. The summed E-state index contributed by atoms with van der Waals surface area (Å²) < 4.78 is 24.6. The van der Waals surface area contributed by atoms with Gasteiger partial charge in [-0.2, -0.15) is 13.5 Å². The molecule has 0 spiro atoms. The van der Waals surface area contributed by atoms with Crippen molar-refractivity contribution < 1.29 is 13.5 Å². The average Bonchev–Trinajstić information content (AvgIpc) is 2.39. The molecule has 7 heteroatoms. The Kier molecular flexibility index (Phi) is 4.41. The zero-order valence-corrected chi connectivity index (χ0v) is 12.6. The summed E-state index contributed by atoms with van der Waals surface area (Å²) in [5.41, 5.74) is 0.587. The minimum Gasteiger partial charge on any atom is -0.508 e. The Morgan fingerprint density at radius 1 is 1.15 bits per heavy atom. The highest BCUT2D eigenvalue weighted by Crippen LogP contribution is 2.14. The number of hydrogen-bond donors (Lipinski definition) is 2. The van der Waals surface area contributed by atoms with Gasteiger partial charge >= 0.3 is 0 Å². The van der Waals surface area contributed by atoms with E-state index in [0.29, 0.717) is 5.56 Å². The summed E-state index contributed by atoms with van der Waals surface area (Å²) >= 11 is 3.23. The first kappa shape index (κ1) is 14.5. The number of nitrogens with zero attached hydrogens (tertiary/aromatic N) is 1. The molecule has 5 nitrogen and oxygen atoms in total. The van der Waals surface area contributed by atoms with Crippen LogP contribution in [-0.2, 0) is 10.0 Å². The number of rotatable bonds is 4. The van der Waals surface area contributed by atoms with Gasteiger partial charge in [-0.3, -0.25) is 0 Å². The number of halogens is 1. The summed E-state index contributed by atoms with van der Waals surface area (Å²) in [7, 11) is -3.69. The second kappa shape index (κ2) is 6.06. The van der Waals surface area contributed by atoms with Crippen LogP contribution in [0.2, 0.25) is 0 Å². The molecule has 2 rings (SSSR count). The number of sulfonamides is 1. The summed E-state index contributed by atoms with van der Waals surface area (Å²) in [6, 6.07) is 12.5. The van der Waals surface area contributed by atoms with Gasteiger partial charge in [0.2, 0.25) is 0 Å². The maximum absolute atomic E-state index is 11.9. The SMILES string of the molecule is O=S(=O)(NN=Cc1cccc(O)c1)c1ccc(Br)cc1. The summed E-state index contributed by atoms with van der Waals surface area (Å²) in [5, 5.41) is 12.9. The van der Waals surface area contributed by atoms with Gasteiger partial charge < -0.3 is 5.11 Å². The molecule has 0 unspecified atom stereocenters. The number of hydrazone groups is 1. The molecule has 2 N–H and O–H groups in total. The molecule has 20 heavy (non-hydrogen) atoms. The molecule has 0 aliphatic rings. The maximum Gasteiger partial charge on any atom is 0.276 e. The fourth-order valence-corrected chi connectivity index (χ4v) is 2.50. The lowest BCUT2D eigenvalue weighted by atomic mass is 10.2. The average molecular weight is 355 g/mol. The molecule has 0 aliphatic carbocycles. The zero-order valence-electron chi connectivity index (χ0n) is 10.2. The van der Waals surface area contributed by atoms with E-state index >= 15 is 0 Å². The van der Waals surface area contributed by atoms with Gasteiger partial charge in [-0.1, -0.05) is 28.1 Å². The van der Waals surface area contributed by atoms with E-state index in [2.05, 4.69) is 25.9 Å². The lowest BCUT2D eigenvalue weighted by Crippen LogP contribution is -2.18. The number of hydrogen-bond acceptors (Lipinski definition) is 4. The van der Waals surface area contributed by atoms with Gasteiger partial charge in [-0.15, -0.1) is 0 Å². The number of aromatic hydroxyl groups is 1. The molecule has 0 aliphatic heterocycles. The molecule has 0 aromatic heterocycles. The van der Waals surface area contributed by atoms with Crippen LogP contribution >= 0.6 is 15.9 Å². The van der Waals surface area contributed by atoms with Crippen molar-refractivity contribution in [3.8, 4) is 5.75 Å². The zero-order chi connectivity index (χ0) is 14.6. The quantitative estimate of drug-likeness (QED) is 0.653. The monoisotopic (exact) mass is 354 g/mol. The van der Waals surface area contributed by atoms with Crippen LogP contribution in [0, 0.1) is 0 Å². The van der Waals surface area contributed by atoms with Crippen molar-refractivity contribution in [2.75, 3.05) is 0 Å². The highest BCUT2D eigenvalue weighted by atomic mass is 79.9. The summed E-state index contributed by atoms with van der Waals surface area (Å²) in [4.78, 5) is 2.23. The Bertz CT molecular complexity index is 728. The molecular formula is C13H11BrN2O3S. The standard InChI is InChI=1S/C13H11BrN2O3S/c14-11-4-6-13(7-5-11)20(18,19)16-15-9-10-2-1-3-12(17)8-10/h1-9,16-17H. The predicted octanol–water partition coefficient (Wildman–Crippen LogP) is 2.47. The van der Waals surface area contributed by atoms with Crippen molar-refractivity contribution in [3.63, 3.8) is 0 Å². The van der Waals surface area contributed by atoms with Crippen LogP contribution < -0.4 is 4.83 Å². The molecule has 0 heterocycles. The van der Waals surface area contributed by atoms with E-state index in [1.54, 1.807) is 24.3 Å². The normalized spacial score (nSPS) is 11.7. The maximum atomic E-state index is 11.9. The third kappa shape index (κ3) is 3.82. The highest BCUT2D eigenvalue weighted by Gasteiger charge is 2.11. The first-order valence-corrected chi connectivity index (χ1v) is 7.84. The van der Waals surface area contributed by atoms with E-state index in [4.69, 9.17) is 0 Å². The van der Waals surface area contributed by atoms with Crippen LogP contribution in [-0.4, -0.2) is 19.7 Å². The number of nitrogens with one attached hydrogen (secondary N) is 1.